The van der Waals surface area contributed by atoms with Crippen LogP contribution in [0.3, 0.4) is 0 Å². The molecule has 0 saturated carbocycles. The molecule has 0 aliphatic carbocycles. The van der Waals surface area contributed by atoms with E-state index < -0.39 is 5.97 Å². The van der Waals surface area contributed by atoms with E-state index in [9.17, 15) is 14.7 Å². The van der Waals surface area contributed by atoms with Crippen molar-refractivity contribution in [3.05, 3.63) is 77.7 Å². The van der Waals surface area contributed by atoms with Gasteiger partial charge in [0.05, 0.1) is 29.8 Å². The minimum absolute atomic E-state index is 0.0120. The molecule has 2 heterocycles. The molecule has 7 heteroatoms. The standard InChI is InChI=1S/C29H37N3O4/c1-3-7-25(29(34)35)20-22(2)36-19-16-24-14-17-32(18-15-24)27-12-11-26(21-30-27)31-28(33)13-10-23-8-5-4-6-9-23/h4-9,11-12,20-21,24H,3,10,13-19H2,1-2H3,(H,31,33)(H,34,35)/b22-20+,25-7+. The molecule has 2 N–H and O–H groups in total. The molecule has 0 spiro atoms. The number of hydrogen-bond donors (Lipinski definition) is 2. The van der Waals surface area contributed by atoms with E-state index in [-0.39, 0.29) is 11.5 Å². The number of piperidine rings is 1. The lowest BCUT2D eigenvalue weighted by atomic mass is 9.94. The Morgan fingerprint density at radius 3 is 2.56 bits per heavy atom. The normalized spacial score (nSPS) is 15.0. The van der Waals surface area contributed by atoms with Gasteiger partial charge in [-0.3, -0.25) is 4.79 Å². The number of rotatable bonds is 12. The predicted octanol–water partition coefficient (Wildman–Crippen LogP) is 5.60. The van der Waals surface area contributed by atoms with Gasteiger partial charge in [-0.1, -0.05) is 43.3 Å². The molecule has 1 saturated heterocycles. The van der Waals surface area contributed by atoms with E-state index in [1.165, 1.54) is 0 Å². The quantitative estimate of drug-likeness (QED) is 0.228. The Kier molecular flexibility index (Phi) is 10.5. The number of benzene rings is 1. The number of nitrogens with zero attached hydrogens (tertiary/aromatic N) is 2. The summed E-state index contributed by atoms with van der Waals surface area (Å²) in [4.78, 5) is 30.3. The van der Waals surface area contributed by atoms with Gasteiger partial charge in [-0.25, -0.2) is 9.78 Å². The zero-order chi connectivity index (χ0) is 25.8. The lowest BCUT2D eigenvalue weighted by molar-refractivity contribution is -0.132. The van der Waals surface area contributed by atoms with Gasteiger partial charge in [0.25, 0.3) is 0 Å². The average molecular weight is 492 g/mol. The molecule has 1 aliphatic heterocycles. The van der Waals surface area contributed by atoms with Crippen molar-refractivity contribution in [1.82, 2.24) is 4.98 Å². The van der Waals surface area contributed by atoms with E-state index in [2.05, 4.69) is 15.2 Å². The first kappa shape index (κ1) is 27.0. The highest BCUT2D eigenvalue weighted by Gasteiger charge is 2.20. The second kappa shape index (κ2) is 14.1. The van der Waals surface area contributed by atoms with Crippen molar-refractivity contribution in [3.8, 4) is 0 Å². The third kappa shape index (κ3) is 8.87. The molecule has 1 aliphatic rings. The Morgan fingerprint density at radius 2 is 1.92 bits per heavy atom. The fourth-order valence-corrected chi connectivity index (χ4v) is 4.30. The van der Waals surface area contributed by atoms with Crippen LogP contribution in [0.1, 0.15) is 51.5 Å². The molecule has 1 fully saturated rings. The van der Waals surface area contributed by atoms with Crippen molar-refractivity contribution in [2.45, 2.75) is 52.4 Å². The smallest absolute Gasteiger partial charge is 0.335 e. The molecule has 0 bridgehead atoms. The monoisotopic (exact) mass is 491 g/mol. The maximum atomic E-state index is 12.3. The summed E-state index contributed by atoms with van der Waals surface area (Å²) in [6.45, 7) is 6.16. The summed E-state index contributed by atoms with van der Waals surface area (Å²) in [6.07, 6.45) is 9.89. The number of pyridine rings is 1. The van der Waals surface area contributed by atoms with Gasteiger partial charge in [0.15, 0.2) is 0 Å². The van der Waals surface area contributed by atoms with E-state index in [4.69, 9.17) is 4.74 Å². The molecule has 192 valence electrons. The number of allylic oxidation sites excluding steroid dienone is 2. The lowest BCUT2D eigenvalue weighted by Crippen LogP contribution is -2.34. The van der Waals surface area contributed by atoms with Crippen molar-refractivity contribution in [3.63, 3.8) is 0 Å². The minimum Gasteiger partial charge on any atom is -0.498 e. The summed E-state index contributed by atoms with van der Waals surface area (Å²) >= 11 is 0. The summed E-state index contributed by atoms with van der Waals surface area (Å²) in [5.41, 5.74) is 2.14. The highest BCUT2D eigenvalue weighted by Crippen LogP contribution is 2.25. The minimum atomic E-state index is -0.931. The molecular formula is C29H37N3O4. The number of aryl methyl sites for hydroxylation is 1. The fourth-order valence-electron chi connectivity index (χ4n) is 4.30. The summed E-state index contributed by atoms with van der Waals surface area (Å²) in [5, 5.41) is 12.2. The molecule has 3 rings (SSSR count). The Labute approximate surface area is 213 Å². The maximum absolute atomic E-state index is 12.3. The zero-order valence-electron chi connectivity index (χ0n) is 21.3. The van der Waals surface area contributed by atoms with Crippen LogP contribution in [0.4, 0.5) is 11.5 Å². The first-order valence-corrected chi connectivity index (χ1v) is 12.7. The topological polar surface area (TPSA) is 91.8 Å². The largest absolute Gasteiger partial charge is 0.498 e. The Bertz CT molecular complexity index is 1040. The van der Waals surface area contributed by atoms with Crippen molar-refractivity contribution in [1.29, 1.82) is 0 Å². The SMILES string of the molecule is CC/C=C(\C=C(/C)OCCC1CCN(c2ccc(NC(=O)CCc3ccccc3)cn2)CC1)C(=O)O. The van der Waals surface area contributed by atoms with Crippen LogP contribution in [0.2, 0.25) is 0 Å². The Morgan fingerprint density at radius 1 is 1.17 bits per heavy atom. The van der Waals surface area contributed by atoms with Gasteiger partial charge in [0.2, 0.25) is 5.91 Å². The van der Waals surface area contributed by atoms with E-state index in [1.54, 1.807) is 25.3 Å². The molecule has 7 nitrogen and oxygen atoms in total. The van der Waals surface area contributed by atoms with Crippen LogP contribution in [0.5, 0.6) is 0 Å². The number of nitrogens with one attached hydrogen (secondary N) is 1. The van der Waals surface area contributed by atoms with Gasteiger partial charge in [-0.2, -0.15) is 0 Å². The first-order valence-electron chi connectivity index (χ1n) is 12.7. The van der Waals surface area contributed by atoms with E-state index >= 15 is 0 Å². The number of hydrogen-bond acceptors (Lipinski definition) is 5. The van der Waals surface area contributed by atoms with E-state index in [0.717, 1.165) is 43.7 Å². The molecule has 1 aromatic carbocycles. The van der Waals surface area contributed by atoms with Crippen molar-refractivity contribution < 1.29 is 19.4 Å². The maximum Gasteiger partial charge on any atom is 0.335 e. The molecule has 1 aromatic heterocycles. The number of carbonyl (C=O) groups excluding carboxylic acids is 1. The predicted molar refractivity (Wildman–Crippen MR) is 143 cm³/mol. The van der Waals surface area contributed by atoms with Crippen LogP contribution < -0.4 is 10.2 Å². The van der Waals surface area contributed by atoms with Crippen LogP contribution in [0.25, 0.3) is 0 Å². The van der Waals surface area contributed by atoms with E-state index in [0.29, 0.717) is 43.2 Å². The van der Waals surface area contributed by atoms with Crippen LogP contribution >= 0.6 is 0 Å². The van der Waals surface area contributed by atoms with Gasteiger partial charge in [0.1, 0.15) is 5.82 Å². The fraction of sp³-hybridized carbons (Fsp3) is 0.414. The van der Waals surface area contributed by atoms with Crippen molar-refractivity contribution in [2.24, 2.45) is 5.92 Å². The van der Waals surface area contributed by atoms with Gasteiger partial charge in [0, 0.05) is 19.5 Å². The number of carboxylic acid groups (broad SMARTS) is 1. The third-order valence-corrected chi connectivity index (χ3v) is 6.34. The molecular weight excluding hydrogens is 454 g/mol. The number of aliphatic carboxylic acids is 1. The van der Waals surface area contributed by atoms with Crippen molar-refractivity contribution >= 4 is 23.4 Å². The number of ether oxygens (including phenoxy) is 1. The third-order valence-electron chi connectivity index (χ3n) is 6.34. The van der Waals surface area contributed by atoms with Gasteiger partial charge >= 0.3 is 5.97 Å². The lowest BCUT2D eigenvalue weighted by Gasteiger charge is -2.32. The number of anilines is 2. The molecule has 36 heavy (non-hydrogen) atoms. The second-order valence-electron chi connectivity index (χ2n) is 9.13. The van der Waals surface area contributed by atoms with Gasteiger partial charge in [-0.15, -0.1) is 0 Å². The number of aromatic nitrogens is 1. The number of amides is 1. The number of carboxylic acids is 1. The Balaban J connectivity index is 1.37. The first-order chi connectivity index (χ1) is 17.4. The molecule has 0 radical (unpaired) electrons. The second-order valence-corrected chi connectivity index (χ2v) is 9.13. The Hall–Kier alpha value is -3.61. The molecule has 0 atom stereocenters. The van der Waals surface area contributed by atoms with Gasteiger partial charge < -0.3 is 20.1 Å². The van der Waals surface area contributed by atoms with Crippen LogP contribution in [-0.2, 0) is 20.7 Å². The summed E-state index contributed by atoms with van der Waals surface area (Å²) < 4.78 is 5.77. The summed E-state index contributed by atoms with van der Waals surface area (Å²) in [7, 11) is 0. The van der Waals surface area contributed by atoms with Crippen molar-refractivity contribution in [2.75, 3.05) is 29.9 Å². The molecule has 2 aromatic rings. The van der Waals surface area contributed by atoms with Crippen LogP contribution in [0.15, 0.2) is 72.1 Å². The summed E-state index contributed by atoms with van der Waals surface area (Å²) in [5.74, 6) is 1.18. The van der Waals surface area contributed by atoms with Gasteiger partial charge in [-0.05, 0) is 68.7 Å². The number of carbonyl (C=O) groups is 2. The van der Waals surface area contributed by atoms with Crippen LogP contribution in [-0.4, -0.2) is 41.7 Å². The summed E-state index contributed by atoms with van der Waals surface area (Å²) in [6, 6.07) is 13.9. The molecule has 0 unspecified atom stereocenters. The average Bonchev–Trinajstić information content (AvgIpc) is 2.89. The zero-order valence-corrected chi connectivity index (χ0v) is 21.3. The van der Waals surface area contributed by atoms with E-state index in [1.807, 2.05) is 49.4 Å². The van der Waals surface area contributed by atoms with Crippen LogP contribution in [0, 0.1) is 5.92 Å². The molecule has 1 amide bonds. The highest BCUT2D eigenvalue weighted by molar-refractivity contribution is 5.91. The highest BCUT2D eigenvalue weighted by atomic mass is 16.5.